The molecule has 0 fully saturated rings. The second-order valence-corrected chi connectivity index (χ2v) is 8.59. The Morgan fingerprint density at radius 3 is 2.26 bits per heavy atom. The number of carbonyl (C=O) groups is 1. The van der Waals surface area contributed by atoms with Crippen LogP contribution in [-0.2, 0) is 24.9 Å². The van der Waals surface area contributed by atoms with Crippen molar-refractivity contribution in [3.05, 3.63) is 56.5 Å². The maximum atomic E-state index is 12.8. The van der Waals surface area contributed by atoms with E-state index < -0.39 is 0 Å². The smallest absolute Gasteiger partial charge is 0.332 e. The van der Waals surface area contributed by atoms with Crippen LogP contribution in [0, 0.1) is 0 Å². The van der Waals surface area contributed by atoms with Crippen LogP contribution in [0.2, 0.25) is 0 Å². The summed E-state index contributed by atoms with van der Waals surface area (Å²) in [4.78, 5) is 45.9. The number of likely N-dealkylation sites (N-methyl/N-ethyl adjacent to an activating group) is 2. The molecule has 10 heteroatoms. The van der Waals surface area contributed by atoms with E-state index in [-0.39, 0.29) is 23.8 Å². The molecule has 2 aromatic heterocycles. The summed E-state index contributed by atoms with van der Waals surface area (Å²) in [6, 6.07) is 7.36. The Balaban J connectivity index is 1.74. The van der Waals surface area contributed by atoms with Crippen molar-refractivity contribution in [1.82, 2.24) is 28.5 Å². The van der Waals surface area contributed by atoms with E-state index in [4.69, 9.17) is 4.74 Å². The van der Waals surface area contributed by atoms with E-state index in [1.165, 1.54) is 9.13 Å². The lowest BCUT2D eigenvalue weighted by Gasteiger charge is -2.19. The summed E-state index contributed by atoms with van der Waals surface area (Å²) >= 11 is 0. The second kappa shape index (κ2) is 11.2. The van der Waals surface area contributed by atoms with Crippen molar-refractivity contribution < 1.29 is 9.53 Å². The van der Waals surface area contributed by atoms with E-state index in [0.29, 0.717) is 42.4 Å². The Kier molecular flexibility index (Phi) is 8.29. The van der Waals surface area contributed by atoms with Crippen LogP contribution in [0.25, 0.3) is 23.3 Å². The van der Waals surface area contributed by atoms with Gasteiger partial charge in [-0.05, 0) is 51.7 Å². The molecule has 1 aromatic carbocycles. The molecule has 188 valence electrons. The number of carbonyl (C=O) groups excluding carboxylic acids is 1. The number of rotatable bonds is 10. The van der Waals surface area contributed by atoms with Gasteiger partial charge in [0, 0.05) is 40.3 Å². The molecule has 0 unspecified atom stereocenters. The number of amides is 1. The van der Waals surface area contributed by atoms with Gasteiger partial charge in [-0.2, -0.15) is 0 Å². The molecule has 0 aliphatic heterocycles. The van der Waals surface area contributed by atoms with Crippen LogP contribution in [0.4, 0.5) is 0 Å². The molecule has 0 radical (unpaired) electrons. The van der Waals surface area contributed by atoms with Crippen molar-refractivity contribution in [1.29, 1.82) is 0 Å². The third kappa shape index (κ3) is 5.71. The zero-order valence-electron chi connectivity index (χ0n) is 21.3. The quantitative estimate of drug-likeness (QED) is 0.435. The summed E-state index contributed by atoms with van der Waals surface area (Å²) in [5, 5.41) is 0. The number of hydrogen-bond acceptors (Lipinski definition) is 6. The average Bonchev–Trinajstić information content (AvgIpc) is 3.16. The second-order valence-electron chi connectivity index (χ2n) is 8.59. The standard InChI is InChI=1S/C25H34N6O4/c1-7-30-23-22(24(33)31(8-2)25(30)34)29(6)20(26-23)14-11-18-9-12-19(13-10-18)35-17-21(32)28(5)16-15-27(3)4/h9-14H,7-8,15-17H2,1-6H3/b14-11+. The third-order valence-corrected chi connectivity index (χ3v) is 5.88. The molecular weight excluding hydrogens is 448 g/mol. The van der Waals surface area contributed by atoms with Gasteiger partial charge in [-0.25, -0.2) is 9.78 Å². The number of ether oxygens (including phenoxy) is 1. The number of aryl methyl sites for hydroxylation is 2. The zero-order valence-corrected chi connectivity index (χ0v) is 21.3. The molecule has 0 spiro atoms. The molecule has 3 aromatic rings. The normalized spacial score (nSPS) is 11.6. The van der Waals surface area contributed by atoms with Gasteiger partial charge in [0.25, 0.3) is 11.5 Å². The van der Waals surface area contributed by atoms with Crippen LogP contribution in [0.5, 0.6) is 5.75 Å². The van der Waals surface area contributed by atoms with Gasteiger partial charge in [0.15, 0.2) is 17.8 Å². The molecule has 10 nitrogen and oxygen atoms in total. The molecule has 3 rings (SSSR count). The van der Waals surface area contributed by atoms with Crippen LogP contribution in [0.3, 0.4) is 0 Å². The predicted molar refractivity (Wildman–Crippen MR) is 138 cm³/mol. The number of imidazole rings is 1. The average molecular weight is 483 g/mol. The molecule has 0 aliphatic rings. The van der Waals surface area contributed by atoms with Crippen molar-refractivity contribution in [3.63, 3.8) is 0 Å². The molecular formula is C25H34N6O4. The minimum atomic E-state index is -0.348. The van der Waals surface area contributed by atoms with Crippen molar-refractivity contribution >= 4 is 29.2 Å². The van der Waals surface area contributed by atoms with Gasteiger partial charge in [0.05, 0.1) is 0 Å². The number of aromatic nitrogens is 4. The predicted octanol–water partition coefficient (Wildman–Crippen LogP) is 1.51. The van der Waals surface area contributed by atoms with E-state index in [9.17, 15) is 14.4 Å². The van der Waals surface area contributed by atoms with Gasteiger partial charge in [0.1, 0.15) is 11.6 Å². The Hall–Kier alpha value is -3.66. The highest BCUT2D eigenvalue weighted by Gasteiger charge is 2.17. The molecule has 0 atom stereocenters. The monoisotopic (exact) mass is 482 g/mol. The maximum Gasteiger partial charge on any atom is 0.332 e. The lowest BCUT2D eigenvalue weighted by molar-refractivity contribution is -0.132. The summed E-state index contributed by atoms with van der Waals surface area (Å²) in [5.74, 6) is 1.09. The van der Waals surface area contributed by atoms with Crippen LogP contribution >= 0.6 is 0 Å². The van der Waals surface area contributed by atoms with E-state index in [2.05, 4.69) is 4.98 Å². The molecule has 35 heavy (non-hydrogen) atoms. The lowest BCUT2D eigenvalue weighted by Crippen LogP contribution is -2.39. The van der Waals surface area contributed by atoms with Gasteiger partial charge in [0.2, 0.25) is 0 Å². The van der Waals surface area contributed by atoms with Crippen molar-refractivity contribution in [2.24, 2.45) is 7.05 Å². The molecule has 0 N–H and O–H groups in total. The highest BCUT2D eigenvalue weighted by atomic mass is 16.5. The molecule has 1 amide bonds. The maximum absolute atomic E-state index is 12.8. The molecule has 0 saturated carbocycles. The Bertz CT molecular complexity index is 1330. The van der Waals surface area contributed by atoms with Crippen molar-refractivity contribution in [2.45, 2.75) is 26.9 Å². The topological polar surface area (TPSA) is 94.6 Å². The van der Waals surface area contributed by atoms with Crippen molar-refractivity contribution in [3.8, 4) is 5.75 Å². The van der Waals surface area contributed by atoms with E-state index in [0.717, 1.165) is 12.1 Å². The molecule has 2 heterocycles. The SMILES string of the molecule is CCn1c(=O)c2c(nc(/C=C/c3ccc(OCC(=O)N(C)CCN(C)C)cc3)n2C)n(CC)c1=O. The third-order valence-electron chi connectivity index (χ3n) is 5.88. The van der Waals surface area contributed by atoms with E-state index in [1.54, 1.807) is 48.7 Å². The van der Waals surface area contributed by atoms with Crippen LogP contribution in [-0.4, -0.2) is 75.2 Å². The Labute approximate surface area is 204 Å². The summed E-state index contributed by atoms with van der Waals surface area (Å²) in [6.45, 7) is 5.77. The first kappa shape index (κ1) is 26.0. The minimum Gasteiger partial charge on any atom is -0.484 e. The number of fused-ring (bicyclic) bond motifs is 1. The first-order chi connectivity index (χ1) is 16.7. The fourth-order valence-corrected chi connectivity index (χ4v) is 3.67. The van der Waals surface area contributed by atoms with Gasteiger partial charge in [-0.15, -0.1) is 0 Å². The summed E-state index contributed by atoms with van der Waals surface area (Å²) < 4.78 is 10.1. The molecule has 0 saturated heterocycles. The van der Waals surface area contributed by atoms with Gasteiger partial charge >= 0.3 is 5.69 Å². The van der Waals surface area contributed by atoms with Crippen LogP contribution in [0.1, 0.15) is 25.2 Å². The van der Waals surface area contributed by atoms with Crippen LogP contribution in [0.15, 0.2) is 33.9 Å². The minimum absolute atomic E-state index is 0.0204. The zero-order chi connectivity index (χ0) is 25.7. The fraction of sp³-hybridized carbons (Fsp3) is 0.440. The first-order valence-electron chi connectivity index (χ1n) is 11.7. The Morgan fingerprint density at radius 2 is 1.66 bits per heavy atom. The highest BCUT2D eigenvalue weighted by molar-refractivity contribution is 5.78. The number of benzene rings is 1. The van der Waals surface area contributed by atoms with Gasteiger partial charge in [-0.3, -0.25) is 18.7 Å². The molecule has 0 bridgehead atoms. The first-order valence-corrected chi connectivity index (χ1v) is 11.7. The van der Waals surface area contributed by atoms with Crippen molar-refractivity contribution in [2.75, 3.05) is 40.8 Å². The fourth-order valence-electron chi connectivity index (χ4n) is 3.67. The van der Waals surface area contributed by atoms with E-state index in [1.807, 2.05) is 44.1 Å². The van der Waals surface area contributed by atoms with Gasteiger partial charge in [-0.1, -0.05) is 18.2 Å². The molecule has 0 aliphatic carbocycles. The van der Waals surface area contributed by atoms with Crippen LogP contribution < -0.4 is 16.0 Å². The Morgan fingerprint density at radius 1 is 1.00 bits per heavy atom. The van der Waals surface area contributed by atoms with E-state index >= 15 is 0 Å². The summed E-state index contributed by atoms with van der Waals surface area (Å²) in [6.07, 6.45) is 3.68. The lowest BCUT2D eigenvalue weighted by atomic mass is 10.2. The van der Waals surface area contributed by atoms with Gasteiger partial charge < -0.3 is 19.1 Å². The summed E-state index contributed by atoms with van der Waals surface area (Å²) in [7, 11) is 7.46. The highest BCUT2D eigenvalue weighted by Crippen LogP contribution is 2.16. The number of hydrogen-bond donors (Lipinski definition) is 0. The largest absolute Gasteiger partial charge is 0.484 e. The summed E-state index contributed by atoms with van der Waals surface area (Å²) in [5.41, 5.74) is 1.00. The number of nitrogens with zero attached hydrogens (tertiary/aromatic N) is 6.